The molecule has 0 radical (unpaired) electrons. The molecule has 0 aliphatic carbocycles. The van der Waals surface area contributed by atoms with Gasteiger partial charge in [0.25, 0.3) is 5.69 Å². The maximum Gasteiger partial charge on any atom is 0.273 e. The number of hydrogen-bond acceptors (Lipinski definition) is 9. The van der Waals surface area contributed by atoms with E-state index in [-0.39, 0.29) is 18.4 Å². The van der Waals surface area contributed by atoms with Crippen LogP contribution >= 0.6 is 11.8 Å². The van der Waals surface area contributed by atoms with Crippen molar-refractivity contribution in [3.8, 4) is 5.75 Å². The quantitative estimate of drug-likeness (QED) is 0.313. The van der Waals surface area contributed by atoms with Crippen molar-refractivity contribution in [3.05, 3.63) is 34.4 Å². The molecule has 2 aromatic rings. The summed E-state index contributed by atoms with van der Waals surface area (Å²) in [6, 6.07) is 5.95. The smallest absolute Gasteiger partial charge is 0.273 e. The van der Waals surface area contributed by atoms with E-state index >= 15 is 0 Å². The van der Waals surface area contributed by atoms with Gasteiger partial charge in [0.1, 0.15) is 12.4 Å². The molecule has 3 heterocycles. The number of non-ortho nitro benzene ring substituents is 1. The standard InChI is InChI=1S/C22H31N5O5S/c1-16-7-9-25(10-8-16)21-23-24-22(26(21)13-20-6-3-11-31-20)33-15-18(28)14-32-19-5-2-4-17(12-19)27(29)30/h2,4-5,12,16,18,20,28H,3,6-11,13-15H2,1H3/t18-,20+/m1/s1. The van der Waals surface area contributed by atoms with Gasteiger partial charge < -0.3 is 19.5 Å². The Kier molecular flexibility index (Phi) is 8.05. The fourth-order valence-electron chi connectivity index (χ4n) is 4.08. The maximum absolute atomic E-state index is 10.9. The second-order valence-corrected chi connectivity index (χ2v) is 9.72. The molecule has 10 nitrogen and oxygen atoms in total. The van der Waals surface area contributed by atoms with Crippen molar-refractivity contribution in [2.45, 2.75) is 56.5 Å². The molecule has 180 valence electrons. The number of thioether (sulfide) groups is 1. The summed E-state index contributed by atoms with van der Waals surface area (Å²) in [7, 11) is 0. The monoisotopic (exact) mass is 477 g/mol. The topological polar surface area (TPSA) is 116 Å². The van der Waals surface area contributed by atoms with E-state index in [0.717, 1.165) is 62.4 Å². The average Bonchev–Trinajstić information content (AvgIpc) is 3.47. The number of nitro benzene ring substituents is 1. The van der Waals surface area contributed by atoms with Crippen molar-refractivity contribution < 1.29 is 19.5 Å². The van der Waals surface area contributed by atoms with Gasteiger partial charge >= 0.3 is 0 Å². The Labute approximate surface area is 197 Å². The Morgan fingerprint density at radius 3 is 2.88 bits per heavy atom. The molecule has 2 saturated heterocycles. The molecule has 0 spiro atoms. The highest BCUT2D eigenvalue weighted by molar-refractivity contribution is 7.99. The fraction of sp³-hybridized carbons (Fsp3) is 0.636. The first-order valence-corrected chi connectivity index (χ1v) is 12.5. The number of piperidine rings is 1. The van der Waals surface area contributed by atoms with Crippen LogP contribution in [0.15, 0.2) is 29.4 Å². The van der Waals surface area contributed by atoms with Crippen LogP contribution in [0.2, 0.25) is 0 Å². The molecule has 2 fully saturated rings. The zero-order valence-corrected chi connectivity index (χ0v) is 19.7. The van der Waals surface area contributed by atoms with Crippen molar-refractivity contribution in [1.29, 1.82) is 0 Å². The van der Waals surface area contributed by atoms with Gasteiger partial charge in [0, 0.05) is 31.5 Å². The lowest BCUT2D eigenvalue weighted by Crippen LogP contribution is -2.35. The third kappa shape index (κ3) is 6.36. The highest BCUT2D eigenvalue weighted by atomic mass is 32.2. The molecule has 2 aliphatic heterocycles. The number of benzene rings is 1. The van der Waals surface area contributed by atoms with Crippen LogP contribution in [0.5, 0.6) is 5.75 Å². The zero-order chi connectivity index (χ0) is 23.2. The molecular weight excluding hydrogens is 446 g/mol. The predicted octanol–water partition coefficient (Wildman–Crippen LogP) is 3.13. The van der Waals surface area contributed by atoms with Crippen molar-refractivity contribution >= 4 is 23.4 Å². The molecule has 0 amide bonds. The van der Waals surface area contributed by atoms with Gasteiger partial charge in [0.15, 0.2) is 5.16 Å². The van der Waals surface area contributed by atoms with Crippen LogP contribution in [0.3, 0.4) is 0 Å². The van der Waals surface area contributed by atoms with Crippen LogP contribution in [0, 0.1) is 16.0 Å². The fourth-order valence-corrected chi connectivity index (χ4v) is 4.93. The average molecular weight is 478 g/mol. The molecule has 1 aromatic heterocycles. The van der Waals surface area contributed by atoms with E-state index in [9.17, 15) is 15.2 Å². The Morgan fingerprint density at radius 2 is 2.15 bits per heavy atom. The van der Waals surface area contributed by atoms with Crippen molar-refractivity contribution in [2.75, 3.05) is 37.0 Å². The molecule has 33 heavy (non-hydrogen) atoms. The molecule has 0 unspecified atom stereocenters. The molecule has 0 saturated carbocycles. The largest absolute Gasteiger partial charge is 0.491 e. The number of hydrogen-bond donors (Lipinski definition) is 1. The summed E-state index contributed by atoms with van der Waals surface area (Å²) in [6.07, 6.45) is 3.77. The number of rotatable bonds is 10. The van der Waals surface area contributed by atoms with Crippen molar-refractivity contribution in [2.24, 2.45) is 5.92 Å². The summed E-state index contributed by atoms with van der Waals surface area (Å²) in [4.78, 5) is 12.7. The number of aliphatic hydroxyl groups excluding tert-OH is 1. The lowest BCUT2D eigenvalue weighted by Gasteiger charge is -2.31. The molecule has 1 N–H and O–H groups in total. The number of ether oxygens (including phenoxy) is 2. The third-order valence-corrected chi connectivity index (χ3v) is 7.16. The van der Waals surface area contributed by atoms with Crippen LogP contribution in [-0.2, 0) is 11.3 Å². The molecule has 0 bridgehead atoms. The van der Waals surface area contributed by atoms with E-state index in [0.29, 0.717) is 18.0 Å². The second-order valence-electron chi connectivity index (χ2n) is 8.73. The third-order valence-electron chi connectivity index (χ3n) is 6.05. The number of anilines is 1. The van der Waals surface area contributed by atoms with Crippen molar-refractivity contribution in [1.82, 2.24) is 14.8 Å². The first-order chi connectivity index (χ1) is 16.0. The van der Waals surface area contributed by atoms with Gasteiger partial charge in [-0.1, -0.05) is 24.8 Å². The maximum atomic E-state index is 10.9. The highest BCUT2D eigenvalue weighted by Crippen LogP contribution is 2.28. The summed E-state index contributed by atoms with van der Waals surface area (Å²) in [6.45, 7) is 5.75. The van der Waals surface area contributed by atoms with E-state index in [1.54, 1.807) is 12.1 Å². The van der Waals surface area contributed by atoms with Crippen LogP contribution < -0.4 is 9.64 Å². The highest BCUT2D eigenvalue weighted by Gasteiger charge is 2.26. The molecular formula is C22H31N5O5S. The van der Waals surface area contributed by atoms with Crippen LogP contribution in [0.1, 0.15) is 32.6 Å². The molecule has 11 heteroatoms. The Balaban J connectivity index is 1.37. The number of nitro groups is 1. The van der Waals surface area contributed by atoms with E-state index in [4.69, 9.17) is 9.47 Å². The van der Waals surface area contributed by atoms with Gasteiger partial charge in [-0.05, 0) is 37.7 Å². The Bertz CT molecular complexity index is 928. The summed E-state index contributed by atoms with van der Waals surface area (Å²) in [5.74, 6) is 2.33. The number of aromatic nitrogens is 3. The molecule has 1 aromatic carbocycles. The van der Waals surface area contributed by atoms with Crippen LogP contribution in [-0.4, -0.2) is 69.1 Å². The summed E-state index contributed by atoms with van der Waals surface area (Å²) >= 11 is 1.44. The molecule has 2 atom stereocenters. The minimum Gasteiger partial charge on any atom is -0.491 e. The van der Waals surface area contributed by atoms with Gasteiger partial charge in [-0.3, -0.25) is 14.7 Å². The summed E-state index contributed by atoms with van der Waals surface area (Å²) in [5, 5.41) is 31.0. The Morgan fingerprint density at radius 1 is 1.33 bits per heavy atom. The van der Waals surface area contributed by atoms with Crippen LogP contribution in [0.4, 0.5) is 11.6 Å². The Hall–Kier alpha value is -2.37. The lowest BCUT2D eigenvalue weighted by atomic mass is 10.00. The van der Waals surface area contributed by atoms with Gasteiger partial charge in [-0.2, -0.15) is 0 Å². The minimum absolute atomic E-state index is 0.0327. The molecule has 2 aliphatic rings. The first kappa shape index (κ1) is 23.8. The van der Waals surface area contributed by atoms with Gasteiger partial charge in [0.2, 0.25) is 5.95 Å². The SMILES string of the molecule is CC1CCN(c2nnc(SC[C@H](O)COc3cccc([N+](=O)[O-])c3)n2C[C@@H]2CCCO2)CC1. The predicted molar refractivity (Wildman–Crippen MR) is 125 cm³/mol. The van der Waals surface area contributed by atoms with Crippen LogP contribution in [0.25, 0.3) is 0 Å². The minimum atomic E-state index is -0.763. The zero-order valence-electron chi connectivity index (χ0n) is 18.8. The lowest BCUT2D eigenvalue weighted by molar-refractivity contribution is -0.384. The molecule has 4 rings (SSSR count). The van der Waals surface area contributed by atoms with E-state index in [2.05, 4.69) is 26.6 Å². The number of aliphatic hydroxyl groups is 1. The van der Waals surface area contributed by atoms with E-state index in [1.807, 2.05) is 0 Å². The second kappa shape index (κ2) is 11.2. The summed E-state index contributed by atoms with van der Waals surface area (Å²) < 4.78 is 13.5. The van der Waals surface area contributed by atoms with Gasteiger partial charge in [0.05, 0.1) is 29.7 Å². The van der Waals surface area contributed by atoms with Gasteiger partial charge in [-0.25, -0.2) is 0 Å². The van der Waals surface area contributed by atoms with E-state index in [1.165, 1.54) is 23.9 Å². The number of nitrogens with zero attached hydrogens (tertiary/aromatic N) is 5. The summed E-state index contributed by atoms with van der Waals surface area (Å²) in [5.41, 5.74) is -0.0433. The first-order valence-electron chi connectivity index (χ1n) is 11.5. The van der Waals surface area contributed by atoms with Gasteiger partial charge in [-0.15, -0.1) is 10.2 Å². The normalized spacial score (nSPS) is 20.2. The van der Waals surface area contributed by atoms with Crippen molar-refractivity contribution in [3.63, 3.8) is 0 Å². The van der Waals surface area contributed by atoms with E-state index < -0.39 is 11.0 Å².